The number of nitrogens with one attached hydrogen (secondary N) is 2. The summed E-state index contributed by atoms with van der Waals surface area (Å²) in [6.45, 7) is 0. The van der Waals surface area contributed by atoms with Crippen LogP contribution in [-0.2, 0) is 4.79 Å². The molecule has 0 spiro atoms. The second kappa shape index (κ2) is 6.26. The number of aromatic amines is 1. The van der Waals surface area contributed by atoms with Gasteiger partial charge in [-0.25, -0.2) is 5.10 Å². The summed E-state index contributed by atoms with van der Waals surface area (Å²) in [4.78, 5) is 15.7. The number of rotatable bonds is 5. The second-order valence-electron chi connectivity index (χ2n) is 4.12. The molecule has 0 radical (unpaired) electrons. The van der Waals surface area contributed by atoms with Crippen molar-refractivity contribution < 1.29 is 9.21 Å². The van der Waals surface area contributed by atoms with Crippen molar-refractivity contribution in [2.45, 2.75) is 5.16 Å². The number of anilines is 2. The molecule has 22 heavy (non-hydrogen) atoms. The van der Waals surface area contributed by atoms with E-state index in [-0.39, 0.29) is 23.6 Å². The van der Waals surface area contributed by atoms with Crippen LogP contribution in [-0.4, -0.2) is 37.0 Å². The summed E-state index contributed by atoms with van der Waals surface area (Å²) in [5.41, 5.74) is 6.17. The Hall–Kier alpha value is -2.88. The number of nitrogens with zero attached hydrogens (tertiary/aromatic N) is 4. The Balaban J connectivity index is 1.57. The molecular weight excluding hydrogens is 306 g/mol. The largest absolute Gasteiger partial charge is 0.403 e. The number of aromatic nitrogens is 5. The topological polar surface area (TPSA) is 136 Å². The van der Waals surface area contributed by atoms with Crippen LogP contribution in [0.25, 0.3) is 11.5 Å². The van der Waals surface area contributed by atoms with Crippen molar-refractivity contribution in [1.29, 1.82) is 0 Å². The maximum Gasteiger partial charge on any atom is 0.322 e. The van der Waals surface area contributed by atoms with Gasteiger partial charge in [-0.1, -0.05) is 35.1 Å². The van der Waals surface area contributed by atoms with E-state index < -0.39 is 0 Å². The zero-order valence-electron chi connectivity index (χ0n) is 11.2. The van der Waals surface area contributed by atoms with E-state index >= 15 is 0 Å². The summed E-state index contributed by atoms with van der Waals surface area (Å²) in [5, 5.41) is 16.9. The van der Waals surface area contributed by atoms with E-state index in [1.165, 1.54) is 0 Å². The van der Waals surface area contributed by atoms with Gasteiger partial charge in [0.05, 0.1) is 5.75 Å². The highest BCUT2D eigenvalue weighted by Gasteiger charge is 2.12. The minimum absolute atomic E-state index is 0.0407. The van der Waals surface area contributed by atoms with E-state index in [9.17, 15) is 4.79 Å². The molecule has 0 saturated carbocycles. The van der Waals surface area contributed by atoms with E-state index in [0.29, 0.717) is 11.0 Å². The minimum atomic E-state index is -0.309. The average Bonchev–Trinajstić information content (AvgIpc) is 3.15. The molecule has 0 saturated heterocycles. The fourth-order valence-corrected chi connectivity index (χ4v) is 2.18. The highest BCUT2D eigenvalue weighted by molar-refractivity contribution is 7.99. The molecule has 0 unspecified atom stereocenters. The van der Waals surface area contributed by atoms with Gasteiger partial charge < -0.3 is 10.2 Å². The Labute approximate surface area is 128 Å². The average molecular weight is 317 g/mol. The molecule has 3 aromatic rings. The normalized spacial score (nSPS) is 10.5. The summed E-state index contributed by atoms with van der Waals surface area (Å²) in [6.07, 6.45) is 0. The van der Waals surface area contributed by atoms with E-state index in [0.717, 1.165) is 17.3 Å². The lowest BCUT2D eigenvalue weighted by atomic mass is 10.2. The molecule has 0 bridgehead atoms. The number of hydrogen-bond donors (Lipinski definition) is 3. The zero-order chi connectivity index (χ0) is 15.4. The van der Waals surface area contributed by atoms with Gasteiger partial charge in [-0.2, -0.15) is 4.98 Å². The molecule has 1 amide bonds. The van der Waals surface area contributed by atoms with Gasteiger partial charge in [0.25, 0.3) is 0 Å². The maximum absolute atomic E-state index is 11.8. The lowest BCUT2D eigenvalue weighted by Gasteiger charge is -1.97. The van der Waals surface area contributed by atoms with Gasteiger partial charge in [0.15, 0.2) is 0 Å². The smallest absolute Gasteiger partial charge is 0.322 e. The van der Waals surface area contributed by atoms with Crippen molar-refractivity contribution in [2.24, 2.45) is 0 Å². The number of thioether (sulfide) groups is 1. The van der Waals surface area contributed by atoms with Crippen molar-refractivity contribution in [3.8, 4) is 11.5 Å². The Morgan fingerprint density at radius 2 is 2.14 bits per heavy atom. The number of carbonyl (C=O) groups excluding carboxylic acids is 1. The van der Waals surface area contributed by atoms with Crippen molar-refractivity contribution in [2.75, 3.05) is 16.8 Å². The summed E-state index contributed by atoms with van der Waals surface area (Å²) < 4.78 is 5.38. The van der Waals surface area contributed by atoms with Crippen LogP contribution in [0.5, 0.6) is 0 Å². The van der Waals surface area contributed by atoms with E-state index in [1.807, 2.05) is 30.3 Å². The highest BCUT2D eigenvalue weighted by atomic mass is 32.2. The maximum atomic E-state index is 11.8. The summed E-state index contributed by atoms with van der Waals surface area (Å²) in [7, 11) is 0. The van der Waals surface area contributed by atoms with Crippen LogP contribution in [0.2, 0.25) is 0 Å². The Morgan fingerprint density at radius 3 is 2.86 bits per heavy atom. The number of amides is 1. The fraction of sp³-hybridized carbons (Fsp3) is 0.0833. The third-order valence-electron chi connectivity index (χ3n) is 2.51. The van der Waals surface area contributed by atoms with Crippen molar-refractivity contribution in [1.82, 2.24) is 25.4 Å². The fourth-order valence-electron chi connectivity index (χ4n) is 1.58. The van der Waals surface area contributed by atoms with Crippen LogP contribution in [0.3, 0.4) is 0 Å². The quantitative estimate of drug-likeness (QED) is 0.597. The number of carbonyl (C=O) groups is 1. The van der Waals surface area contributed by atoms with Gasteiger partial charge in [-0.05, 0) is 12.1 Å². The predicted octanol–water partition coefficient (Wildman–Crippen LogP) is 1.17. The first-order chi connectivity index (χ1) is 10.7. The van der Waals surface area contributed by atoms with E-state index in [4.69, 9.17) is 10.2 Å². The molecule has 9 nitrogen and oxygen atoms in total. The van der Waals surface area contributed by atoms with Gasteiger partial charge in [-0.3, -0.25) is 10.1 Å². The molecule has 2 heterocycles. The van der Waals surface area contributed by atoms with Crippen LogP contribution in [0.1, 0.15) is 0 Å². The van der Waals surface area contributed by atoms with Gasteiger partial charge in [-0.15, -0.1) is 10.2 Å². The summed E-state index contributed by atoms with van der Waals surface area (Å²) >= 11 is 1.14. The second-order valence-corrected chi connectivity index (χ2v) is 5.06. The molecule has 0 aliphatic carbocycles. The molecule has 3 rings (SSSR count). The lowest BCUT2D eigenvalue weighted by molar-refractivity contribution is -0.113. The molecule has 0 fully saturated rings. The molecule has 2 aromatic heterocycles. The minimum Gasteiger partial charge on any atom is -0.403 e. The molecule has 0 aliphatic heterocycles. The highest BCUT2D eigenvalue weighted by Crippen LogP contribution is 2.19. The summed E-state index contributed by atoms with van der Waals surface area (Å²) in [5.74, 6) is 0.328. The molecule has 10 heteroatoms. The molecule has 4 N–H and O–H groups in total. The van der Waals surface area contributed by atoms with Gasteiger partial charge >= 0.3 is 6.01 Å². The first-order valence-corrected chi connectivity index (χ1v) is 7.19. The number of nitrogen functional groups attached to an aromatic ring is 1. The number of nitrogens with two attached hydrogens (primary N) is 1. The monoisotopic (exact) mass is 317 g/mol. The van der Waals surface area contributed by atoms with Crippen LogP contribution in [0.4, 0.5) is 12.0 Å². The third-order valence-corrected chi connectivity index (χ3v) is 3.35. The lowest BCUT2D eigenvalue weighted by Crippen LogP contribution is -2.14. The number of hydrogen-bond acceptors (Lipinski definition) is 8. The van der Waals surface area contributed by atoms with E-state index in [1.54, 1.807) is 0 Å². The molecule has 0 atom stereocenters. The molecule has 1 aromatic carbocycles. The first-order valence-electron chi connectivity index (χ1n) is 6.20. The van der Waals surface area contributed by atoms with Crippen LogP contribution >= 0.6 is 11.8 Å². The van der Waals surface area contributed by atoms with Gasteiger partial charge in [0.2, 0.25) is 22.9 Å². The van der Waals surface area contributed by atoms with Crippen molar-refractivity contribution in [3.63, 3.8) is 0 Å². The Kier molecular flexibility index (Phi) is 4.01. The zero-order valence-corrected chi connectivity index (χ0v) is 12.0. The SMILES string of the molecule is Nc1nc(SCC(=O)Nc2nnc(-c3ccccc3)o2)n[nH]1. The van der Waals surface area contributed by atoms with E-state index in [2.05, 4.69) is 30.7 Å². The first kappa shape index (κ1) is 14.1. The van der Waals surface area contributed by atoms with Crippen molar-refractivity contribution >= 4 is 29.6 Å². The van der Waals surface area contributed by atoms with Gasteiger partial charge in [0, 0.05) is 5.56 Å². The van der Waals surface area contributed by atoms with Crippen molar-refractivity contribution in [3.05, 3.63) is 30.3 Å². The van der Waals surface area contributed by atoms with Crippen LogP contribution in [0, 0.1) is 0 Å². The standard InChI is InChI=1S/C12H11N7O2S/c13-10-15-12(19-17-10)22-6-8(20)14-11-18-16-9(21-11)7-4-2-1-3-5-7/h1-5H,6H2,(H,14,18,20)(H3,13,15,17,19). The number of H-pyrrole nitrogens is 1. The number of benzene rings is 1. The molecule has 112 valence electrons. The summed E-state index contributed by atoms with van der Waals surface area (Å²) in [6, 6.07) is 9.31. The molecule has 0 aliphatic rings. The Morgan fingerprint density at radius 1 is 1.32 bits per heavy atom. The van der Waals surface area contributed by atoms with Crippen LogP contribution < -0.4 is 11.1 Å². The predicted molar refractivity (Wildman–Crippen MR) is 79.9 cm³/mol. The Bertz CT molecular complexity index is 771. The van der Waals surface area contributed by atoms with Gasteiger partial charge in [0.1, 0.15) is 0 Å². The van der Waals surface area contributed by atoms with Crippen LogP contribution in [0.15, 0.2) is 39.9 Å². The third kappa shape index (κ3) is 3.41. The molecular formula is C12H11N7O2S.